The molecule has 0 saturated carbocycles. The smallest absolute Gasteiger partial charge is 0.101 e. The fraction of sp³-hybridized carbons (Fsp3) is 0. The van der Waals surface area contributed by atoms with Crippen LogP contribution in [0, 0.1) is 11.3 Å². The lowest BCUT2D eigenvalue weighted by atomic mass is 10.1. The number of rotatable bonds is 4. The van der Waals surface area contributed by atoms with Crippen LogP contribution in [0.1, 0.15) is 9.75 Å². The van der Waals surface area contributed by atoms with E-state index in [2.05, 4.69) is 60.0 Å². The van der Waals surface area contributed by atoms with Crippen LogP contribution in [0.5, 0.6) is 0 Å². The highest BCUT2D eigenvalue weighted by atomic mass is 32.1. The molecule has 0 fully saturated rings. The van der Waals surface area contributed by atoms with E-state index in [9.17, 15) is 5.26 Å². The number of nitrogens with zero attached hydrogens (tertiary/aromatic N) is 1. The molecule has 5 aromatic rings. The van der Waals surface area contributed by atoms with Gasteiger partial charge < -0.3 is 0 Å². The number of hydrogen-bond acceptors (Lipinski definition) is 5. The first-order valence-electron chi connectivity index (χ1n) is 8.65. The summed E-state index contributed by atoms with van der Waals surface area (Å²) in [6, 6.07) is 23.5. The Morgan fingerprint density at radius 3 is 2.18 bits per heavy atom. The average Bonchev–Trinajstić information content (AvgIpc) is 3.52. The van der Waals surface area contributed by atoms with Crippen molar-refractivity contribution in [1.82, 2.24) is 0 Å². The SMILES string of the molecule is N#CC(=Cc1ccc(-c2sc(-c3cccs3)c3ccccc23)s1)c1cccs1. The molecule has 28 heavy (non-hydrogen) atoms. The molecule has 134 valence electrons. The van der Waals surface area contributed by atoms with Crippen molar-refractivity contribution >= 4 is 67.8 Å². The maximum Gasteiger partial charge on any atom is 0.101 e. The fourth-order valence-electron chi connectivity index (χ4n) is 3.15. The number of thiophene rings is 4. The molecule has 0 bridgehead atoms. The number of nitriles is 1. The predicted octanol–water partition coefficient (Wildman–Crippen LogP) is 8.48. The summed E-state index contributed by atoms with van der Waals surface area (Å²) in [7, 11) is 0. The van der Waals surface area contributed by atoms with Crippen LogP contribution in [0.2, 0.25) is 0 Å². The Kier molecular flexibility index (Phi) is 4.71. The van der Waals surface area contributed by atoms with Crippen LogP contribution in [-0.4, -0.2) is 0 Å². The zero-order valence-corrected chi connectivity index (χ0v) is 17.9. The van der Waals surface area contributed by atoms with Gasteiger partial charge in [-0.05, 0) is 41.1 Å². The van der Waals surface area contributed by atoms with Gasteiger partial charge in [-0.2, -0.15) is 5.26 Å². The molecule has 1 aromatic carbocycles. The van der Waals surface area contributed by atoms with E-state index in [-0.39, 0.29) is 0 Å². The Hall–Kier alpha value is -2.49. The number of allylic oxidation sites excluding steroid dienone is 1. The molecule has 0 aliphatic carbocycles. The van der Waals surface area contributed by atoms with Crippen molar-refractivity contribution in [3.63, 3.8) is 0 Å². The zero-order chi connectivity index (χ0) is 18.9. The van der Waals surface area contributed by atoms with Crippen molar-refractivity contribution in [1.29, 1.82) is 5.26 Å². The third-order valence-corrected chi connectivity index (χ3v) is 8.80. The lowest BCUT2D eigenvalue weighted by Crippen LogP contribution is -1.72. The minimum atomic E-state index is 0.721. The fourth-order valence-corrected chi connectivity index (χ4v) is 7.06. The Balaban J connectivity index is 1.60. The van der Waals surface area contributed by atoms with Gasteiger partial charge in [-0.25, -0.2) is 0 Å². The zero-order valence-electron chi connectivity index (χ0n) is 14.6. The summed E-state index contributed by atoms with van der Waals surface area (Å²) in [5, 5.41) is 16.3. The van der Waals surface area contributed by atoms with E-state index in [0.717, 1.165) is 15.3 Å². The van der Waals surface area contributed by atoms with Gasteiger partial charge in [-0.1, -0.05) is 36.4 Å². The summed E-state index contributed by atoms with van der Waals surface area (Å²) in [6.45, 7) is 0. The third kappa shape index (κ3) is 3.15. The van der Waals surface area contributed by atoms with Crippen LogP contribution in [0.15, 0.2) is 71.4 Å². The molecule has 0 unspecified atom stereocenters. The topological polar surface area (TPSA) is 23.8 Å². The second kappa shape index (κ2) is 7.50. The number of hydrogen-bond donors (Lipinski definition) is 0. The van der Waals surface area contributed by atoms with Gasteiger partial charge in [0.1, 0.15) is 6.07 Å². The van der Waals surface area contributed by atoms with Crippen molar-refractivity contribution in [2.75, 3.05) is 0 Å². The van der Waals surface area contributed by atoms with Gasteiger partial charge in [0.25, 0.3) is 0 Å². The highest BCUT2D eigenvalue weighted by molar-refractivity contribution is 7.28. The first-order valence-corrected chi connectivity index (χ1v) is 12.0. The molecule has 0 aliphatic rings. The Morgan fingerprint density at radius 1 is 0.750 bits per heavy atom. The van der Waals surface area contributed by atoms with E-state index < -0.39 is 0 Å². The molecule has 0 N–H and O–H groups in total. The molecule has 0 saturated heterocycles. The van der Waals surface area contributed by atoms with Crippen LogP contribution in [0.4, 0.5) is 0 Å². The second-order valence-corrected chi connectivity index (χ2v) is 10.2. The molecular formula is C23H13NS4. The predicted molar refractivity (Wildman–Crippen MR) is 126 cm³/mol. The molecule has 5 rings (SSSR count). The summed E-state index contributed by atoms with van der Waals surface area (Å²) in [4.78, 5) is 7.32. The van der Waals surface area contributed by atoms with Crippen molar-refractivity contribution < 1.29 is 0 Å². The van der Waals surface area contributed by atoms with Gasteiger partial charge in [0.15, 0.2) is 0 Å². The van der Waals surface area contributed by atoms with Gasteiger partial charge in [0.2, 0.25) is 0 Å². The van der Waals surface area contributed by atoms with Crippen LogP contribution in [0.3, 0.4) is 0 Å². The third-order valence-electron chi connectivity index (χ3n) is 4.41. The van der Waals surface area contributed by atoms with E-state index >= 15 is 0 Å². The summed E-state index contributed by atoms with van der Waals surface area (Å²) < 4.78 is 0. The summed E-state index contributed by atoms with van der Waals surface area (Å²) >= 11 is 6.98. The molecule has 4 aromatic heterocycles. The van der Waals surface area contributed by atoms with Gasteiger partial charge in [-0.3, -0.25) is 0 Å². The summed E-state index contributed by atoms with van der Waals surface area (Å²) in [5.74, 6) is 0. The van der Waals surface area contributed by atoms with E-state index in [1.54, 1.807) is 34.0 Å². The highest BCUT2D eigenvalue weighted by Gasteiger charge is 2.16. The quantitative estimate of drug-likeness (QED) is 0.262. The first kappa shape index (κ1) is 17.6. The minimum Gasteiger partial charge on any atom is -0.192 e. The lowest BCUT2D eigenvalue weighted by Gasteiger charge is -1.95. The lowest BCUT2D eigenvalue weighted by molar-refractivity contribution is 1.54. The van der Waals surface area contributed by atoms with Crippen LogP contribution in [0.25, 0.3) is 41.9 Å². The van der Waals surface area contributed by atoms with Gasteiger partial charge >= 0.3 is 0 Å². The first-order chi connectivity index (χ1) is 13.8. The van der Waals surface area contributed by atoms with E-state index in [4.69, 9.17) is 0 Å². The van der Waals surface area contributed by atoms with E-state index in [1.165, 1.54) is 30.3 Å². The summed E-state index contributed by atoms with van der Waals surface area (Å²) in [5.41, 5.74) is 0.721. The monoisotopic (exact) mass is 431 g/mol. The maximum atomic E-state index is 9.53. The van der Waals surface area contributed by atoms with E-state index in [1.807, 2.05) is 34.9 Å². The molecule has 0 aliphatic heterocycles. The standard InChI is InChI=1S/C23H13NS4/c24-14-15(19-7-3-11-25-19)13-16-9-10-21(27-16)23-18-6-2-1-5-17(18)22(28-23)20-8-4-12-26-20/h1-13H. The Labute approximate surface area is 179 Å². The second-order valence-electron chi connectivity index (χ2n) is 6.13. The normalized spacial score (nSPS) is 11.8. The van der Waals surface area contributed by atoms with Crippen LogP contribution >= 0.6 is 45.3 Å². The summed E-state index contributed by atoms with van der Waals surface area (Å²) in [6.07, 6.45) is 2.00. The van der Waals surface area contributed by atoms with E-state index in [0.29, 0.717) is 0 Å². The maximum absolute atomic E-state index is 9.53. The molecule has 0 radical (unpaired) electrons. The van der Waals surface area contributed by atoms with Gasteiger partial charge in [-0.15, -0.1) is 45.3 Å². The number of fused-ring (bicyclic) bond motifs is 1. The molecule has 5 heteroatoms. The molecular weight excluding hydrogens is 419 g/mol. The minimum absolute atomic E-state index is 0.721. The van der Waals surface area contributed by atoms with Gasteiger partial charge in [0, 0.05) is 30.3 Å². The average molecular weight is 432 g/mol. The molecule has 0 spiro atoms. The molecule has 1 nitrogen and oxygen atoms in total. The van der Waals surface area contributed by atoms with Crippen LogP contribution in [-0.2, 0) is 0 Å². The Morgan fingerprint density at radius 2 is 1.50 bits per heavy atom. The molecule has 4 heterocycles. The molecule has 0 atom stereocenters. The number of benzene rings is 1. The van der Waals surface area contributed by atoms with Gasteiger partial charge in [0.05, 0.1) is 15.3 Å². The van der Waals surface area contributed by atoms with Crippen LogP contribution < -0.4 is 0 Å². The van der Waals surface area contributed by atoms with Crippen molar-refractivity contribution in [3.05, 3.63) is 81.2 Å². The largest absolute Gasteiger partial charge is 0.192 e. The van der Waals surface area contributed by atoms with Crippen molar-refractivity contribution in [2.45, 2.75) is 0 Å². The molecule has 0 amide bonds. The highest BCUT2D eigenvalue weighted by Crippen LogP contribution is 2.47. The van der Waals surface area contributed by atoms with Crippen molar-refractivity contribution in [2.24, 2.45) is 0 Å². The van der Waals surface area contributed by atoms with Crippen molar-refractivity contribution in [3.8, 4) is 25.6 Å². The Bertz CT molecular complexity index is 1310.